The number of unbranched alkanes of at least 4 members (excludes halogenated alkanes) is 16. The second-order valence-corrected chi connectivity index (χ2v) is 15.2. The topological polar surface area (TPSA) is 78.9 Å². The Bertz CT molecular complexity index is 1160. The zero-order valence-electron chi connectivity index (χ0n) is 37.5. The highest BCUT2D eigenvalue weighted by Crippen LogP contribution is 2.13. The number of hydrogen-bond donors (Lipinski definition) is 0. The highest BCUT2D eigenvalue weighted by molar-refractivity contribution is 5.71. The SMILES string of the molecule is CC/C=C\C/C=C\C/C=C\CCCCCCCCC(=O)OCC(COC(=O)CCCCCCC/C=C\CCCCC)OC(=O)CCCC/C=C\C/C=C\C/C=C\CC. The molecule has 0 fully saturated rings. The van der Waals surface area contributed by atoms with Crippen LogP contribution in [0.25, 0.3) is 0 Å². The van der Waals surface area contributed by atoms with Crippen molar-refractivity contribution in [1.29, 1.82) is 0 Å². The fraction of sp³-hybridized carbons (Fsp3) is 0.673. The van der Waals surface area contributed by atoms with Crippen LogP contribution in [0.15, 0.2) is 85.1 Å². The van der Waals surface area contributed by atoms with Gasteiger partial charge in [0.2, 0.25) is 0 Å². The van der Waals surface area contributed by atoms with E-state index in [0.717, 1.165) is 116 Å². The lowest BCUT2D eigenvalue weighted by Gasteiger charge is -2.18. The Labute approximate surface area is 356 Å². The second kappa shape index (κ2) is 46.3. The zero-order valence-corrected chi connectivity index (χ0v) is 37.5. The summed E-state index contributed by atoms with van der Waals surface area (Å²) >= 11 is 0. The molecule has 0 aliphatic rings. The van der Waals surface area contributed by atoms with Gasteiger partial charge in [-0.05, 0) is 109 Å². The van der Waals surface area contributed by atoms with Crippen molar-refractivity contribution in [3.05, 3.63) is 85.1 Å². The van der Waals surface area contributed by atoms with Crippen molar-refractivity contribution in [2.24, 2.45) is 0 Å². The highest BCUT2D eigenvalue weighted by Gasteiger charge is 2.19. The molecule has 0 aliphatic carbocycles. The standard InChI is InChI=1S/C52H86O6/c1-4-7-10-13-16-19-22-25-26-27-28-31-33-36-39-42-45-51(54)57-48-49(58-52(55)46-43-40-37-34-30-24-21-18-15-12-9-6-3)47-56-50(53)44-41-38-35-32-29-23-20-17-14-11-8-5-2/h7,9-10,12,16-21,25-26,30,34,49H,4-6,8,11,13-15,22-24,27-29,31-33,35-48H2,1-3H3/b10-7-,12-9-,19-16-,20-17-,21-18-,26-25-,34-30-. The van der Waals surface area contributed by atoms with Gasteiger partial charge in [-0.25, -0.2) is 0 Å². The summed E-state index contributed by atoms with van der Waals surface area (Å²) in [5.41, 5.74) is 0. The molecule has 0 N–H and O–H groups in total. The molecular formula is C52H86O6. The molecule has 58 heavy (non-hydrogen) atoms. The molecule has 0 aromatic heterocycles. The molecule has 0 saturated carbocycles. The van der Waals surface area contributed by atoms with Gasteiger partial charge in [-0.2, -0.15) is 0 Å². The number of ether oxygens (including phenoxy) is 3. The third-order valence-corrected chi connectivity index (χ3v) is 9.61. The van der Waals surface area contributed by atoms with Gasteiger partial charge in [0, 0.05) is 19.3 Å². The molecule has 0 rings (SSSR count). The van der Waals surface area contributed by atoms with Gasteiger partial charge in [0.1, 0.15) is 13.2 Å². The van der Waals surface area contributed by atoms with Crippen LogP contribution < -0.4 is 0 Å². The first-order valence-electron chi connectivity index (χ1n) is 23.6. The van der Waals surface area contributed by atoms with Crippen LogP contribution >= 0.6 is 0 Å². The number of carbonyl (C=O) groups is 3. The van der Waals surface area contributed by atoms with Crippen molar-refractivity contribution in [1.82, 2.24) is 0 Å². The van der Waals surface area contributed by atoms with Crippen LogP contribution in [-0.2, 0) is 28.6 Å². The van der Waals surface area contributed by atoms with E-state index in [1.54, 1.807) is 0 Å². The largest absolute Gasteiger partial charge is 0.462 e. The van der Waals surface area contributed by atoms with E-state index in [1.807, 2.05) is 0 Å². The summed E-state index contributed by atoms with van der Waals surface area (Å²) in [6.07, 6.45) is 58.5. The van der Waals surface area contributed by atoms with Crippen molar-refractivity contribution in [2.45, 2.75) is 213 Å². The molecule has 0 saturated heterocycles. The molecule has 0 amide bonds. The summed E-state index contributed by atoms with van der Waals surface area (Å²) in [6, 6.07) is 0. The van der Waals surface area contributed by atoms with Gasteiger partial charge in [0.25, 0.3) is 0 Å². The van der Waals surface area contributed by atoms with Gasteiger partial charge >= 0.3 is 17.9 Å². The fourth-order valence-electron chi connectivity index (χ4n) is 6.11. The van der Waals surface area contributed by atoms with Gasteiger partial charge in [-0.15, -0.1) is 0 Å². The number of hydrogen-bond acceptors (Lipinski definition) is 6. The van der Waals surface area contributed by atoms with E-state index >= 15 is 0 Å². The van der Waals surface area contributed by atoms with E-state index in [-0.39, 0.29) is 37.5 Å². The predicted octanol–water partition coefficient (Wildman–Crippen LogP) is 15.3. The Hall–Kier alpha value is -3.41. The number of carbonyl (C=O) groups excluding carboxylic acids is 3. The molecule has 1 unspecified atom stereocenters. The van der Waals surface area contributed by atoms with Crippen LogP contribution in [0.5, 0.6) is 0 Å². The van der Waals surface area contributed by atoms with E-state index in [2.05, 4.69) is 106 Å². The maximum atomic E-state index is 12.7. The molecule has 0 spiro atoms. The molecule has 0 aromatic rings. The van der Waals surface area contributed by atoms with Crippen LogP contribution in [0, 0.1) is 0 Å². The molecule has 0 bridgehead atoms. The molecule has 330 valence electrons. The molecule has 0 aromatic carbocycles. The average Bonchev–Trinajstić information content (AvgIpc) is 3.22. The lowest BCUT2D eigenvalue weighted by Crippen LogP contribution is -2.30. The lowest BCUT2D eigenvalue weighted by atomic mass is 10.1. The Morgan fingerprint density at radius 3 is 1.10 bits per heavy atom. The van der Waals surface area contributed by atoms with Gasteiger partial charge in [0.05, 0.1) is 0 Å². The van der Waals surface area contributed by atoms with Crippen LogP contribution in [0.3, 0.4) is 0 Å². The Morgan fingerprint density at radius 2 is 0.672 bits per heavy atom. The molecular weight excluding hydrogens is 721 g/mol. The molecule has 1 atom stereocenters. The molecule has 6 heteroatoms. The molecule has 0 heterocycles. The quantitative estimate of drug-likeness (QED) is 0.0265. The number of allylic oxidation sites excluding steroid dienone is 14. The van der Waals surface area contributed by atoms with Gasteiger partial charge < -0.3 is 14.2 Å². The van der Waals surface area contributed by atoms with Crippen molar-refractivity contribution in [2.75, 3.05) is 13.2 Å². The first kappa shape index (κ1) is 54.6. The summed E-state index contributed by atoms with van der Waals surface area (Å²) in [5, 5.41) is 0. The van der Waals surface area contributed by atoms with E-state index in [4.69, 9.17) is 14.2 Å². The minimum atomic E-state index is -0.803. The fourth-order valence-corrected chi connectivity index (χ4v) is 6.11. The van der Waals surface area contributed by atoms with Gasteiger partial charge in [-0.3, -0.25) is 14.4 Å². The number of esters is 3. The average molecular weight is 807 g/mol. The maximum absolute atomic E-state index is 12.7. The van der Waals surface area contributed by atoms with Crippen molar-refractivity contribution in [3.8, 4) is 0 Å². The van der Waals surface area contributed by atoms with Crippen molar-refractivity contribution in [3.63, 3.8) is 0 Å². The van der Waals surface area contributed by atoms with Gasteiger partial charge in [-0.1, -0.05) is 164 Å². The third-order valence-electron chi connectivity index (χ3n) is 9.61. The summed E-state index contributed by atoms with van der Waals surface area (Å²) in [6.45, 7) is 6.31. The summed E-state index contributed by atoms with van der Waals surface area (Å²) < 4.78 is 16.7. The molecule has 6 nitrogen and oxygen atoms in total. The normalized spacial score (nSPS) is 12.8. The summed E-state index contributed by atoms with van der Waals surface area (Å²) in [5.74, 6) is -0.970. The highest BCUT2D eigenvalue weighted by atomic mass is 16.6. The van der Waals surface area contributed by atoms with Crippen molar-refractivity contribution < 1.29 is 28.6 Å². The van der Waals surface area contributed by atoms with Crippen LogP contribution in [0.2, 0.25) is 0 Å². The Morgan fingerprint density at radius 1 is 0.362 bits per heavy atom. The van der Waals surface area contributed by atoms with E-state index in [9.17, 15) is 14.4 Å². The molecule has 0 aliphatic heterocycles. The second-order valence-electron chi connectivity index (χ2n) is 15.2. The van der Waals surface area contributed by atoms with Crippen molar-refractivity contribution >= 4 is 17.9 Å². The zero-order chi connectivity index (χ0) is 42.3. The van der Waals surface area contributed by atoms with Crippen LogP contribution in [-0.4, -0.2) is 37.2 Å². The van der Waals surface area contributed by atoms with E-state index in [1.165, 1.54) is 44.9 Å². The maximum Gasteiger partial charge on any atom is 0.306 e. The first-order valence-corrected chi connectivity index (χ1v) is 23.6. The van der Waals surface area contributed by atoms with E-state index < -0.39 is 6.10 Å². The lowest BCUT2D eigenvalue weighted by molar-refractivity contribution is -0.167. The summed E-state index contributed by atoms with van der Waals surface area (Å²) in [7, 11) is 0. The summed E-state index contributed by atoms with van der Waals surface area (Å²) in [4.78, 5) is 37.8. The monoisotopic (exact) mass is 807 g/mol. The van der Waals surface area contributed by atoms with Crippen LogP contribution in [0.4, 0.5) is 0 Å². The van der Waals surface area contributed by atoms with Gasteiger partial charge in [0.15, 0.2) is 6.10 Å². The Balaban J connectivity index is 4.46. The predicted molar refractivity (Wildman–Crippen MR) is 247 cm³/mol. The Kier molecular flexibility index (Phi) is 43.6. The minimum Gasteiger partial charge on any atom is -0.462 e. The number of rotatable bonds is 41. The van der Waals surface area contributed by atoms with Crippen LogP contribution in [0.1, 0.15) is 207 Å². The third kappa shape index (κ3) is 43.7. The first-order chi connectivity index (χ1) is 28.5. The smallest absolute Gasteiger partial charge is 0.306 e. The van der Waals surface area contributed by atoms with E-state index in [0.29, 0.717) is 19.3 Å². The minimum absolute atomic E-state index is 0.102. The molecule has 0 radical (unpaired) electrons.